The zero-order chi connectivity index (χ0) is 31.1. The van der Waals surface area contributed by atoms with E-state index in [-0.39, 0.29) is 23.0 Å². The summed E-state index contributed by atoms with van der Waals surface area (Å²) in [5.41, 5.74) is 8.12. The molecule has 228 valence electrons. The highest BCUT2D eigenvalue weighted by atomic mass is 35.5. The predicted octanol–water partition coefficient (Wildman–Crippen LogP) is 5.71. The Hall–Kier alpha value is -3.93. The second-order valence-corrected chi connectivity index (χ2v) is 10.8. The standard InChI is InChI=1S/C31H35ClF3N7O/c1-3-22(11-12-38-18(2)36)39-16-19-7-9-23(10-8-19)42-17-21-15-27(40-30(21)41-31(42)43)24-13-20(14-25(32)28(24)33)5-4-6-26(37)29(34)35/h3,7-10,13-15,17,22,26,29,39H,1,4-6,11-12,16,37H2,2H3,(H2,36,38)(H,40,41,43)/t22-,26+/m0/s1. The van der Waals surface area contributed by atoms with Crippen molar-refractivity contribution in [2.24, 2.45) is 5.73 Å². The van der Waals surface area contributed by atoms with Crippen LogP contribution in [0.1, 0.15) is 37.3 Å². The second kappa shape index (κ2) is 14.5. The molecule has 2 aromatic heterocycles. The van der Waals surface area contributed by atoms with Gasteiger partial charge in [-0.25, -0.2) is 18.0 Å². The average Bonchev–Trinajstić information content (AvgIpc) is 3.38. The summed E-state index contributed by atoms with van der Waals surface area (Å²) in [6, 6.07) is 11.1. The maximum Gasteiger partial charge on any atom is 0.354 e. The molecule has 0 radical (unpaired) electrons. The van der Waals surface area contributed by atoms with Crippen LogP contribution >= 0.6 is 11.6 Å². The summed E-state index contributed by atoms with van der Waals surface area (Å²) >= 11 is 6.16. The Bertz CT molecular complexity index is 1640. The number of hydrogen-bond donors (Lipinski definition) is 5. The Morgan fingerprint density at radius 2 is 1.95 bits per heavy atom. The van der Waals surface area contributed by atoms with Gasteiger partial charge in [0.15, 0.2) is 5.82 Å². The van der Waals surface area contributed by atoms with E-state index in [9.17, 15) is 13.6 Å². The number of aromatic nitrogens is 3. The van der Waals surface area contributed by atoms with Gasteiger partial charge in [0.1, 0.15) is 5.65 Å². The van der Waals surface area contributed by atoms with E-state index >= 15 is 4.39 Å². The van der Waals surface area contributed by atoms with Gasteiger partial charge in [0.25, 0.3) is 6.43 Å². The van der Waals surface area contributed by atoms with Gasteiger partial charge in [-0.2, -0.15) is 4.98 Å². The number of fused-ring (bicyclic) bond motifs is 1. The number of alkyl halides is 2. The molecule has 12 heteroatoms. The summed E-state index contributed by atoms with van der Waals surface area (Å²) in [5.74, 6) is -0.216. The van der Waals surface area contributed by atoms with Gasteiger partial charge < -0.3 is 21.4 Å². The number of hydrogen-bond acceptors (Lipinski definition) is 5. The van der Waals surface area contributed by atoms with Crippen molar-refractivity contribution in [1.82, 2.24) is 25.2 Å². The van der Waals surface area contributed by atoms with Crippen molar-refractivity contribution in [3.05, 3.63) is 93.8 Å². The highest BCUT2D eigenvalue weighted by Crippen LogP contribution is 2.31. The van der Waals surface area contributed by atoms with E-state index in [4.69, 9.17) is 22.7 Å². The maximum absolute atomic E-state index is 15.1. The number of nitrogens with two attached hydrogens (primary N) is 1. The first-order valence-corrected chi connectivity index (χ1v) is 14.3. The van der Waals surface area contributed by atoms with Gasteiger partial charge in [0.2, 0.25) is 0 Å². The zero-order valence-electron chi connectivity index (χ0n) is 23.8. The predicted molar refractivity (Wildman–Crippen MR) is 166 cm³/mol. The molecule has 2 atom stereocenters. The Morgan fingerprint density at radius 1 is 1.21 bits per heavy atom. The summed E-state index contributed by atoms with van der Waals surface area (Å²) in [6.45, 7) is 6.83. The first-order chi connectivity index (χ1) is 20.5. The molecule has 4 aromatic rings. The molecule has 0 spiro atoms. The van der Waals surface area contributed by atoms with Gasteiger partial charge in [0, 0.05) is 36.3 Å². The van der Waals surface area contributed by atoms with Gasteiger partial charge in [0.05, 0.1) is 28.3 Å². The maximum atomic E-state index is 15.1. The quantitative estimate of drug-likeness (QED) is 0.0708. The molecule has 43 heavy (non-hydrogen) atoms. The molecule has 0 fully saturated rings. The highest BCUT2D eigenvalue weighted by Gasteiger charge is 2.17. The minimum absolute atomic E-state index is 0.0766. The number of aromatic amines is 1. The molecular weight excluding hydrogens is 579 g/mol. The largest absolute Gasteiger partial charge is 0.374 e. The third-order valence-electron chi connectivity index (χ3n) is 7.13. The molecule has 0 saturated heterocycles. The molecule has 0 aliphatic carbocycles. The lowest BCUT2D eigenvalue weighted by Crippen LogP contribution is -2.31. The van der Waals surface area contributed by atoms with Gasteiger partial charge in [-0.3, -0.25) is 9.98 Å². The molecule has 2 aromatic carbocycles. The van der Waals surface area contributed by atoms with Crippen LogP contribution in [0.5, 0.6) is 0 Å². The molecule has 0 saturated carbocycles. The molecule has 4 rings (SSSR count). The minimum atomic E-state index is -2.60. The Morgan fingerprint density at radius 3 is 2.63 bits per heavy atom. The number of aryl methyl sites for hydroxylation is 1. The summed E-state index contributed by atoms with van der Waals surface area (Å²) < 4.78 is 41.9. The van der Waals surface area contributed by atoms with Crippen LogP contribution in [0.2, 0.25) is 5.02 Å². The molecular formula is C31H35ClF3N7O. The van der Waals surface area contributed by atoms with Crippen molar-refractivity contribution in [1.29, 1.82) is 5.41 Å². The first-order valence-electron chi connectivity index (χ1n) is 13.9. The van der Waals surface area contributed by atoms with Crippen LogP contribution in [-0.4, -0.2) is 45.4 Å². The SMILES string of the molecule is C=C[C@@H](CCNC(C)=N)NCc1ccc(-n2cc3cc(-c4cc(CCC[C@@H](N)C(F)F)cc(Cl)c4F)[nH]c3nc2=O)cc1. The van der Waals surface area contributed by atoms with Crippen LogP contribution in [0.15, 0.2) is 66.1 Å². The number of nitrogens with zero attached hydrogens (tertiary/aromatic N) is 2. The highest BCUT2D eigenvalue weighted by molar-refractivity contribution is 6.31. The Labute approximate surface area is 252 Å². The van der Waals surface area contributed by atoms with Crippen molar-refractivity contribution >= 4 is 28.5 Å². The Kier molecular flexibility index (Phi) is 10.8. The van der Waals surface area contributed by atoms with Crippen molar-refractivity contribution in [3.8, 4) is 16.9 Å². The molecule has 2 heterocycles. The van der Waals surface area contributed by atoms with E-state index in [1.54, 1.807) is 25.3 Å². The zero-order valence-corrected chi connectivity index (χ0v) is 24.5. The Balaban J connectivity index is 1.50. The minimum Gasteiger partial charge on any atom is -0.374 e. The van der Waals surface area contributed by atoms with E-state index < -0.39 is 24.0 Å². The fourth-order valence-electron chi connectivity index (χ4n) is 4.72. The van der Waals surface area contributed by atoms with Gasteiger partial charge in [-0.05, 0) is 74.1 Å². The summed E-state index contributed by atoms with van der Waals surface area (Å²) in [6.07, 6.45) is 2.59. The molecule has 0 aliphatic rings. The van der Waals surface area contributed by atoms with Crippen molar-refractivity contribution in [2.45, 2.75) is 57.7 Å². The lowest BCUT2D eigenvalue weighted by Gasteiger charge is -2.15. The molecule has 0 aliphatic heterocycles. The van der Waals surface area contributed by atoms with Crippen LogP contribution in [-0.2, 0) is 13.0 Å². The molecule has 0 bridgehead atoms. The number of amidine groups is 1. The summed E-state index contributed by atoms with van der Waals surface area (Å²) in [4.78, 5) is 20.1. The molecule has 0 unspecified atom stereocenters. The second-order valence-electron chi connectivity index (χ2n) is 10.4. The fraction of sp³-hybridized carbons (Fsp3) is 0.323. The summed E-state index contributed by atoms with van der Waals surface area (Å²) in [5, 5.41) is 14.4. The van der Waals surface area contributed by atoms with Crippen molar-refractivity contribution in [3.63, 3.8) is 0 Å². The van der Waals surface area contributed by atoms with Gasteiger partial charge in [-0.1, -0.05) is 29.8 Å². The monoisotopic (exact) mass is 613 g/mol. The smallest absolute Gasteiger partial charge is 0.354 e. The van der Waals surface area contributed by atoms with E-state index in [2.05, 4.69) is 27.2 Å². The number of H-pyrrole nitrogens is 1. The normalized spacial score (nSPS) is 12.9. The number of rotatable bonds is 14. The van der Waals surface area contributed by atoms with E-state index in [1.807, 2.05) is 30.3 Å². The van der Waals surface area contributed by atoms with Crippen LogP contribution < -0.4 is 22.1 Å². The van der Waals surface area contributed by atoms with E-state index in [1.165, 1.54) is 10.6 Å². The topological polar surface area (TPSA) is 125 Å². The summed E-state index contributed by atoms with van der Waals surface area (Å²) in [7, 11) is 0. The third kappa shape index (κ3) is 8.34. The molecule has 8 nitrogen and oxygen atoms in total. The number of benzene rings is 2. The van der Waals surface area contributed by atoms with Gasteiger partial charge in [-0.15, -0.1) is 6.58 Å². The molecule has 0 amide bonds. The van der Waals surface area contributed by atoms with Crippen molar-refractivity contribution < 1.29 is 13.2 Å². The average molecular weight is 614 g/mol. The van der Waals surface area contributed by atoms with Crippen LogP contribution in [0.25, 0.3) is 28.0 Å². The van der Waals surface area contributed by atoms with E-state index in [0.29, 0.717) is 59.7 Å². The van der Waals surface area contributed by atoms with Crippen molar-refractivity contribution in [2.75, 3.05) is 6.54 Å². The molecule has 6 N–H and O–H groups in total. The number of nitrogens with one attached hydrogen (secondary N) is 4. The van der Waals surface area contributed by atoms with Crippen LogP contribution in [0, 0.1) is 11.2 Å². The van der Waals surface area contributed by atoms with Gasteiger partial charge >= 0.3 is 5.69 Å². The van der Waals surface area contributed by atoms with Crippen LogP contribution in [0.4, 0.5) is 13.2 Å². The third-order valence-corrected chi connectivity index (χ3v) is 7.40. The fourth-order valence-corrected chi connectivity index (χ4v) is 4.96. The first kappa shape index (κ1) is 32.0. The number of halogens is 4. The lowest BCUT2D eigenvalue weighted by molar-refractivity contribution is 0.111. The lowest BCUT2D eigenvalue weighted by atomic mass is 10.0. The van der Waals surface area contributed by atoms with Crippen LogP contribution in [0.3, 0.4) is 0 Å². The van der Waals surface area contributed by atoms with E-state index in [0.717, 1.165) is 12.0 Å².